The molecule has 2 nitrogen and oxygen atoms in total. The fourth-order valence-corrected chi connectivity index (χ4v) is 2.42. The Bertz CT molecular complexity index is 540. The molecule has 1 atom stereocenters. The van der Waals surface area contributed by atoms with E-state index in [2.05, 4.69) is 24.3 Å². The quantitative estimate of drug-likeness (QED) is 0.801. The monoisotopic (exact) mass is 289 g/mol. The molecule has 0 aromatic heterocycles. The van der Waals surface area contributed by atoms with Crippen molar-refractivity contribution in [2.75, 3.05) is 6.61 Å². The summed E-state index contributed by atoms with van der Waals surface area (Å²) in [6.45, 7) is 2.60. The van der Waals surface area contributed by atoms with Crippen molar-refractivity contribution in [3.63, 3.8) is 0 Å². The van der Waals surface area contributed by atoms with Crippen molar-refractivity contribution in [2.24, 2.45) is 5.73 Å². The molecule has 0 radical (unpaired) electrons. The topological polar surface area (TPSA) is 35.2 Å². The number of rotatable bonds is 6. The van der Waals surface area contributed by atoms with Crippen molar-refractivity contribution in [3.05, 3.63) is 64.7 Å². The Hall–Kier alpha value is -1.51. The Kier molecular flexibility index (Phi) is 5.45. The van der Waals surface area contributed by atoms with Gasteiger partial charge in [-0.15, -0.1) is 0 Å². The lowest BCUT2D eigenvalue weighted by Crippen LogP contribution is -2.06. The van der Waals surface area contributed by atoms with Crippen LogP contribution in [-0.4, -0.2) is 6.61 Å². The minimum absolute atomic E-state index is 0.0605. The highest BCUT2D eigenvalue weighted by Crippen LogP contribution is 2.26. The number of ether oxygens (including phenoxy) is 1. The fourth-order valence-electron chi connectivity index (χ4n) is 2.08. The van der Waals surface area contributed by atoms with Crippen LogP contribution >= 0.6 is 11.6 Å². The highest BCUT2D eigenvalue weighted by Gasteiger charge is 2.06. The summed E-state index contributed by atoms with van der Waals surface area (Å²) in [7, 11) is 0. The lowest BCUT2D eigenvalue weighted by atomic mass is 10.1. The number of nitrogens with two attached hydrogens (primary N) is 1. The number of aryl methyl sites for hydroxylation is 1. The van der Waals surface area contributed by atoms with E-state index in [-0.39, 0.29) is 6.04 Å². The van der Waals surface area contributed by atoms with Crippen molar-refractivity contribution in [1.82, 2.24) is 0 Å². The van der Waals surface area contributed by atoms with Crippen LogP contribution in [-0.2, 0) is 6.42 Å². The van der Waals surface area contributed by atoms with Crippen molar-refractivity contribution in [2.45, 2.75) is 25.8 Å². The molecule has 2 N–H and O–H groups in total. The lowest BCUT2D eigenvalue weighted by molar-refractivity contribution is 0.311. The van der Waals surface area contributed by atoms with Crippen LogP contribution in [0.4, 0.5) is 0 Å². The van der Waals surface area contributed by atoms with E-state index >= 15 is 0 Å². The van der Waals surface area contributed by atoms with Gasteiger partial charge in [0.1, 0.15) is 5.75 Å². The summed E-state index contributed by atoms with van der Waals surface area (Å²) in [5.41, 5.74) is 8.11. The van der Waals surface area contributed by atoms with Gasteiger partial charge in [0.2, 0.25) is 0 Å². The van der Waals surface area contributed by atoms with Gasteiger partial charge < -0.3 is 10.5 Å². The Morgan fingerprint density at radius 3 is 2.55 bits per heavy atom. The van der Waals surface area contributed by atoms with Crippen LogP contribution in [0.25, 0.3) is 0 Å². The molecule has 1 unspecified atom stereocenters. The molecule has 0 aliphatic heterocycles. The summed E-state index contributed by atoms with van der Waals surface area (Å²) in [4.78, 5) is 0. The van der Waals surface area contributed by atoms with Gasteiger partial charge in [-0.1, -0.05) is 48.0 Å². The van der Waals surface area contributed by atoms with E-state index < -0.39 is 0 Å². The predicted octanol–water partition coefficient (Wildman–Crippen LogP) is 4.37. The van der Waals surface area contributed by atoms with Crippen molar-refractivity contribution >= 4 is 11.6 Å². The second-order valence-electron chi connectivity index (χ2n) is 4.91. The van der Waals surface area contributed by atoms with Crippen LogP contribution in [0, 0.1) is 0 Å². The van der Waals surface area contributed by atoms with Crippen molar-refractivity contribution in [1.29, 1.82) is 0 Å². The minimum Gasteiger partial charge on any atom is -0.494 e. The molecule has 0 aliphatic rings. The average molecular weight is 290 g/mol. The number of halogens is 1. The zero-order chi connectivity index (χ0) is 14.4. The maximum atomic E-state index is 6.17. The summed E-state index contributed by atoms with van der Waals surface area (Å²) < 4.78 is 5.72. The van der Waals surface area contributed by atoms with Crippen LogP contribution < -0.4 is 10.5 Å². The molecule has 0 aliphatic carbocycles. The molecule has 2 aromatic carbocycles. The number of benzene rings is 2. The third kappa shape index (κ3) is 4.26. The third-order valence-electron chi connectivity index (χ3n) is 3.18. The molecule has 2 aromatic rings. The summed E-state index contributed by atoms with van der Waals surface area (Å²) in [5.74, 6) is 0.799. The van der Waals surface area contributed by atoms with Gasteiger partial charge in [0, 0.05) is 11.1 Å². The Labute approximate surface area is 125 Å². The molecule has 20 heavy (non-hydrogen) atoms. The largest absolute Gasteiger partial charge is 0.494 e. The van der Waals surface area contributed by atoms with Crippen LogP contribution in [0.3, 0.4) is 0 Å². The first-order valence-corrected chi connectivity index (χ1v) is 7.26. The Morgan fingerprint density at radius 1 is 1.15 bits per heavy atom. The van der Waals surface area contributed by atoms with Crippen LogP contribution in [0.15, 0.2) is 48.5 Å². The van der Waals surface area contributed by atoms with Gasteiger partial charge >= 0.3 is 0 Å². The average Bonchev–Trinajstić information content (AvgIpc) is 2.44. The van der Waals surface area contributed by atoms with E-state index in [0.29, 0.717) is 11.6 Å². The molecule has 0 heterocycles. The van der Waals surface area contributed by atoms with E-state index in [1.54, 1.807) is 0 Å². The van der Waals surface area contributed by atoms with Gasteiger partial charge in [0.05, 0.1) is 6.61 Å². The van der Waals surface area contributed by atoms with E-state index in [4.69, 9.17) is 22.1 Å². The molecule has 3 heteroatoms. The van der Waals surface area contributed by atoms with Crippen molar-refractivity contribution in [3.8, 4) is 5.75 Å². The molecular formula is C17H20ClNO. The molecule has 0 fully saturated rings. The van der Waals surface area contributed by atoms with Gasteiger partial charge in [-0.25, -0.2) is 0 Å². The maximum absolute atomic E-state index is 6.17. The highest BCUT2D eigenvalue weighted by atomic mass is 35.5. The predicted molar refractivity (Wildman–Crippen MR) is 84.3 cm³/mol. The first kappa shape index (κ1) is 14.9. The van der Waals surface area contributed by atoms with E-state index in [1.165, 1.54) is 5.56 Å². The number of hydrogen-bond donors (Lipinski definition) is 1. The first-order chi connectivity index (χ1) is 9.66. The van der Waals surface area contributed by atoms with E-state index in [9.17, 15) is 0 Å². The molecule has 0 amide bonds. The van der Waals surface area contributed by atoms with Gasteiger partial charge in [0.25, 0.3) is 0 Å². The molecule has 0 spiro atoms. The van der Waals surface area contributed by atoms with Crippen LogP contribution in [0.2, 0.25) is 5.02 Å². The Morgan fingerprint density at radius 2 is 1.90 bits per heavy atom. The summed E-state index contributed by atoms with van der Waals surface area (Å²) in [6, 6.07) is 16.0. The molecule has 0 bridgehead atoms. The second kappa shape index (κ2) is 7.32. The van der Waals surface area contributed by atoms with Gasteiger partial charge in [0.15, 0.2) is 0 Å². The zero-order valence-corrected chi connectivity index (χ0v) is 12.4. The lowest BCUT2D eigenvalue weighted by Gasteiger charge is -2.11. The molecule has 106 valence electrons. The molecule has 2 rings (SSSR count). The maximum Gasteiger partial charge on any atom is 0.120 e. The Balaban J connectivity index is 1.81. The third-order valence-corrected chi connectivity index (χ3v) is 3.51. The van der Waals surface area contributed by atoms with Gasteiger partial charge in [-0.3, -0.25) is 0 Å². The smallest absolute Gasteiger partial charge is 0.120 e. The van der Waals surface area contributed by atoms with Crippen LogP contribution in [0.1, 0.15) is 30.5 Å². The zero-order valence-electron chi connectivity index (χ0n) is 11.7. The second-order valence-corrected chi connectivity index (χ2v) is 5.32. The van der Waals surface area contributed by atoms with Crippen molar-refractivity contribution < 1.29 is 4.74 Å². The molecular weight excluding hydrogens is 270 g/mol. The van der Waals surface area contributed by atoms with E-state index in [0.717, 1.165) is 24.2 Å². The summed E-state index contributed by atoms with van der Waals surface area (Å²) >= 11 is 6.17. The minimum atomic E-state index is -0.0605. The normalized spacial score (nSPS) is 12.2. The molecule has 0 saturated carbocycles. The standard InChI is InChI=1S/C17H20ClNO/c1-13(19)16-10-9-15(12-17(16)18)20-11-5-8-14-6-3-2-4-7-14/h2-4,6-7,9-10,12-13H,5,8,11,19H2,1H3. The summed E-state index contributed by atoms with van der Waals surface area (Å²) in [6.07, 6.45) is 2.00. The number of hydrogen-bond acceptors (Lipinski definition) is 2. The van der Waals surface area contributed by atoms with Gasteiger partial charge in [-0.05, 0) is 43.0 Å². The first-order valence-electron chi connectivity index (χ1n) is 6.88. The SMILES string of the molecule is CC(N)c1ccc(OCCCc2ccccc2)cc1Cl. The summed E-state index contributed by atoms with van der Waals surface area (Å²) in [5, 5.41) is 0.667. The highest BCUT2D eigenvalue weighted by molar-refractivity contribution is 6.31. The van der Waals surface area contributed by atoms with E-state index in [1.807, 2.05) is 31.2 Å². The van der Waals surface area contributed by atoms with Crippen LogP contribution in [0.5, 0.6) is 5.75 Å². The van der Waals surface area contributed by atoms with Gasteiger partial charge in [-0.2, -0.15) is 0 Å². The molecule has 0 saturated heterocycles. The fraction of sp³-hybridized carbons (Fsp3) is 0.294.